The summed E-state index contributed by atoms with van der Waals surface area (Å²) in [6.45, 7) is 0. The van der Waals surface area contributed by atoms with Crippen LogP contribution in [0.3, 0.4) is 0 Å². The molecule has 0 atom stereocenters. The number of pyridine rings is 1. The molecular formula is C15H10BrN5. The zero-order chi connectivity index (χ0) is 14.8. The number of nitrogens with zero attached hydrogens (tertiary/aromatic N) is 4. The lowest BCUT2D eigenvalue weighted by Gasteiger charge is -2.10. The van der Waals surface area contributed by atoms with E-state index in [2.05, 4.69) is 32.0 Å². The van der Waals surface area contributed by atoms with Gasteiger partial charge in [-0.3, -0.25) is 4.57 Å². The maximum absolute atomic E-state index is 9.28. The van der Waals surface area contributed by atoms with Gasteiger partial charge in [-0.05, 0) is 30.3 Å². The van der Waals surface area contributed by atoms with Crippen LogP contribution in [0.25, 0.3) is 16.9 Å². The second kappa shape index (κ2) is 5.38. The summed E-state index contributed by atoms with van der Waals surface area (Å²) in [5.74, 6) is 0.463. The van der Waals surface area contributed by atoms with E-state index in [0.29, 0.717) is 11.4 Å². The van der Waals surface area contributed by atoms with Gasteiger partial charge in [0, 0.05) is 16.2 Å². The predicted molar refractivity (Wildman–Crippen MR) is 83.6 cm³/mol. The Kier molecular flexibility index (Phi) is 3.42. The highest BCUT2D eigenvalue weighted by Crippen LogP contribution is 2.26. The highest BCUT2D eigenvalue weighted by molar-refractivity contribution is 9.10. The van der Waals surface area contributed by atoms with Crippen LogP contribution < -0.4 is 5.73 Å². The van der Waals surface area contributed by atoms with Crippen molar-refractivity contribution < 1.29 is 0 Å². The van der Waals surface area contributed by atoms with E-state index in [1.165, 1.54) is 0 Å². The summed E-state index contributed by atoms with van der Waals surface area (Å²) in [7, 11) is 0. The molecule has 21 heavy (non-hydrogen) atoms. The topological polar surface area (TPSA) is 80.5 Å². The SMILES string of the molecule is N#Cc1ccc(Br)cc1-n1cncc1-c1ccc(N)nc1. The molecule has 0 bridgehead atoms. The first-order chi connectivity index (χ1) is 10.2. The van der Waals surface area contributed by atoms with Crippen molar-refractivity contribution in [3.8, 4) is 23.0 Å². The van der Waals surface area contributed by atoms with Crippen LogP contribution in [0.15, 0.2) is 53.5 Å². The number of rotatable bonds is 2. The Labute approximate surface area is 129 Å². The first-order valence-corrected chi connectivity index (χ1v) is 6.92. The molecule has 0 saturated heterocycles. The van der Waals surface area contributed by atoms with Crippen LogP contribution in [0.4, 0.5) is 5.82 Å². The zero-order valence-electron chi connectivity index (χ0n) is 10.9. The number of halogens is 1. The van der Waals surface area contributed by atoms with Crippen molar-refractivity contribution in [1.82, 2.24) is 14.5 Å². The van der Waals surface area contributed by atoms with Crippen LogP contribution in [-0.4, -0.2) is 14.5 Å². The zero-order valence-corrected chi connectivity index (χ0v) is 12.4. The Bertz CT molecular complexity index is 830. The maximum Gasteiger partial charge on any atom is 0.123 e. The van der Waals surface area contributed by atoms with Crippen molar-refractivity contribution in [3.63, 3.8) is 0 Å². The second-order valence-electron chi connectivity index (χ2n) is 4.39. The molecule has 3 rings (SSSR count). The minimum atomic E-state index is 0.463. The van der Waals surface area contributed by atoms with Crippen molar-refractivity contribution in [1.29, 1.82) is 5.26 Å². The van der Waals surface area contributed by atoms with Crippen LogP contribution in [0.2, 0.25) is 0 Å². The number of nitrogens with two attached hydrogens (primary N) is 1. The fourth-order valence-electron chi connectivity index (χ4n) is 2.06. The standard InChI is InChI=1S/C15H10BrN5/c16-12-3-1-10(6-17)13(5-12)21-9-19-8-14(21)11-2-4-15(18)20-7-11/h1-5,7-9H,(H2,18,20). The van der Waals surface area contributed by atoms with E-state index >= 15 is 0 Å². The monoisotopic (exact) mass is 339 g/mol. The number of hydrogen-bond acceptors (Lipinski definition) is 4. The maximum atomic E-state index is 9.28. The molecular weight excluding hydrogens is 330 g/mol. The average molecular weight is 340 g/mol. The Balaban J connectivity index is 2.18. The minimum absolute atomic E-state index is 0.463. The van der Waals surface area contributed by atoms with Crippen molar-refractivity contribution in [2.75, 3.05) is 5.73 Å². The third-order valence-electron chi connectivity index (χ3n) is 3.06. The Morgan fingerprint density at radius 2 is 2.05 bits per heavy atom. The van der Waals surface area contributed by atoms with Crippen molar-refractivity contribution in [3.05, 3.63) is 59.1 Å². The lowest BCUT2D eigenvalue weighted by atomic mass is 10.1. The lowest BCUT2D eigenvalue weighted by molar-refractivity contribution is 1.05. The third kappa shape index (κ3) is 2.51. The molecule has 0 aliphatic rings. The molecule has 6 heteroatoms. The quantitative estimate of drug-likeness (QED) is 0.777. The number of benzene rings is 1. The highest BCUT2D eigenvalue weighted by atomic mass is 79.9. The molecule has 2 heterocycles. The molecule has 3 aromatic rings. The van der Waals surface area contributed by atoms with Gasteiger partial charge in [-0.2, -0.15) is 5.26 Å². The summed E-state index contributed by atoms with van der Waals surface area (Å²) >= 11 is 3.43. The molecule has 0 spiro atoms. The van der Waals surface area contributed by atoms with E-state index in [0.717, 1.165) is 21.4 Å². The summed E-state index contributed by atoms with van der Waals surface area (Å²) in [5.41, 5.74) is 8.67. The molecule has 2 aromatic heterocycles. The Hall–Kier alpha value is -2.65. The van der Waals surface area contributed by atoms with Crippen molar-refractivity contribution in [2.45, 2.75) is 0 Å². The fourth-order valence-corrected chi connectivity index (χ4v) is 2.41. The number of hydrogen-bond donors (Lipinski definition) is 1. The van der Waals surface area contributed by atoms with Crippen LogP contribution in [0, 0.1) is 11.3 Å². The number of anilines is 1. The van der Waals surface area contributed by atoms with Gasteiger partial charge in [0.05, 0.1) is 29.5 Å². The Morgan fingerprint density at radius 3 is 2.76 bits per heavy atom. The smallest absolute Gasteiger partial charge is 0.123 e. The van der Waals surface area contributed by atoms with E-state index in [-0.39, 0.29) is 0 Å². The molecule has 102 valence electrons. The van der Waals surface area contributed by atoms with Gasteiger partial charge >= 0.3 is 0 Å². The summed E-state index contributed by atoms with van der Waals surface area (Å²) in [5, 5.41) is 9.28. The summed E-state index contributed by atoms with van der Waals surface area (Å²) in [6, 6.07) is 11.3. The number of aromatic nitrogens is 3. The van der Waals surface area contributed by atoms with E-state index in [1.807, 2.05) is 22.8 Å². The van der Waals surface area contributed by atoms with E-state index < -0.39 is 0 Å². The summed E-state index contributed by atoms with van der Waals surface area (Å²) in [4.78, 5) is 8.27. The van der Waals surface area contributed by atoms with Gasteiger partial charge in [-0.1, -0.05) is 15.9 Å². The van der Waals surface area contributed by atoms with Gasteiger partial charge in [-0.25, -0.2) is 9.97 Å². The molecule has 0 radical (unpaired) electrons. The average Bonchev–Trinajstić information content (AvgIpc) is 2.97. The van der Waals surface area contributed by atoms with E-state index in [1.54, 1.807) is 30.9 Å². The van der Waals surface area contributed by atoms with Crippen LogP contribution in [0.5, 0.6) is 0 Å². The molecule has 0 unspecified atom stereocenters. The van der Waals surface area contributed by atoms with Gasteiger partial charge in [0.2, 0.25) is 0 Å². The predicted octanol–water partition coefficient (Wildman–Crippen LogP) is 3.15. The minimum Gasteiger partial charge on any atom is -0.384 e. The Morgan fingerprint density at radius 1 is 1.19 bits per heavy atom. The largest absolute Gasteiger partial charge is 0.384 e. The third-order valence-corrected chi connectivity index (χ3v) is 3.55. The molecule has 2 N–H and O–H groups in total. The molecule has 0 amide bonds. The normalized spacial score (nSPS) is 10.3. The van der Waals surface area contributed by atoms with Crippen molar-refractivity contribution in [2.24, 2.45) is 0 Å². The highest BCUT2D eigenvalue weighted by Gasteiger charge is 2.11. The molecule has 0 aliphatic heterocycles. The lowest BCUT2D eigenvalue weighted by Crippen LogP contribution is -1.99. The van der Waals surface area contributed by atoms with Gasteiger partial charge < -0.3 is 5.73 Å². The molecule has 0 fully saturated rings. The van der Waals surface area contributed by atoms with Gasteiger partial charge in [-0.15, -0.1) is 0 Å². The van der Waals surface area contributed by atoms with Crippen molar-refractivity contribution >= 4 is 21.7 Å². The summed E-state index contributed by atoms with van der Waals surface area (Å²) < 4.78 is 2.75. The van der Waals surface area contributed by atoms with Crippen LogP contribution >= 0.6 is 15.9 Å². The molecule has 0 saturated carbocycles. The second-order valence-corrected chi connectivity index (χ2v) is 5.31. The molecule has 5 nitrogen and oxygen atoms in total. The first kappa shape index (κ1) is 13.3. The number of nitriles is 1. The molecule has 1 aromatic carbocycles. The first-order valence-electron chi connectivity index (χ1n) is 6.13. The van der Waals surface area contributed by atoms with Crippen LogP contribution in [-0.2, 0) is 0 Å². The van der Waals surface area contributed by atoms with E-state index in [9.17, 15) is 5.26 Å². The fraction of sp³-hybridized carbons (Fsp3) is 0. The summed E-state index contributed by atoms with van der Waals surface area (Å²) in [6.07, 6.45) is 5.09. The van der Waals surface area contributed by atoms with Gasteiger partial charge in [0.15, 0.2) is 0 Å². The van der Waals surface area contributed by atoms with Crippen LogP contribution in [0.1, 0.15) is 5.56 Å². The van der Waals surface area contributed by atoms with Gasteiger partial charge in [0.1, 0.15) is 11.9 Å². The van der Waals surface area contributed by atoms with Gasteiger partial charge in [0.25, 0.3) is 0 Å². The number of imidazole rings is 1. The molecule has 0 aliphatic carbocycles. The number of nitrogen functional groups attached to an aromatic ring is 1. The van der Waals surface area contributed by atoms with E-state index in [4.69, 9.17) is 5.73 Å².